The lowest BCUT2D eigenvalue weighted by Gasteiger charge is -2.16. The van der Waals surface area contributed by atoms with Crippen LogP contribution in [0.4, 0.5) is 0 Å². The molecule has 0 heterocycles. The third kappa shape index (κ3) is 4.65. The topological polar surface area (TPSA) is 12.0 Å². The monoisotopic (exact) mass is 153 g/mol. The number of rotatable bonds is 6. The Morgan fingerprint density at radius 2 is 2.18 bits per heavy atom. The summed E-state index contributed by atoms with van der Waals surface area (Å²) in [6.07, 6.45) is 5.35. The van der Waals surface area contributed by atoms with Crippen LogP contribution >= 0.6 is 0 Å². The molecule has 0 saturated heterocycles. The first-order chi connectivity index (χ1) is 5.24. The SMILES string of the molecule is C=CC(=C)N[C@H](CC)CCC. The third-order valence-electron chi connectivity index (χ3n) is 1.77. The minimum absolute atomic E-state index is 0.575. The van der Waals surface area contributed by atoms with Gasteiger partial charge >= 0.3 is 0 Å². The van der Waals surface area contributed by atoms with E-state index in [-0.39, 0.29) is 0 Å². The van der Waals surface area contributed by atoms with E-state index < -0.39 is 0 Å². The van der Waals surface area contributed by atoms with E-state index in [1.54, 1.807) is 6.08 Å². The molecule has 0 aliphatic carbocycles. The highest BCUT2D eigenvalue weighted by Gasteiger charge is 2.02. The molecule has 0 aromatic rings. The highest BCUT2D eigenvalue weighted by Crippen LogP contribution is 2.02. The summed E-state index contributed by atoms with van der Waals surface area (Å²) in [7, 11) is 0. The average Bonchev–Trinajstić information content (AvgIpc) is 2.03. The lowest BCUT2D eigenvalue weighted by atomic mass is 10.1. The number of nitrogens with one attached hydrogen (secondary N) is 1. The Morgan fingerprint density at radius 1 is 1.55 bits per heavy atom. The largest absolute Gasteiger partial charge is 0.383 e. The third-order valence-corrected chi connectivity index (χ3v) is 1.77. The molecule has 0 radical (unpaired) electrons. The van der Waals surface area contributed by atoms with Gasteiger partial charge in [-0.25, -0.2) is 0 Å². The van der Waals surface area contributed by atoms with Gasteiger partial charge in [0.15, 0.2) is 0 Å². The molecule has 0 unspecified atom stereocenters. The molecular weight excluding hydrogens is 134 g/mol. The van der Waals surface area contributed by atoms with Crippen molar-refractivity contribution in [3.8, 4) is 0 Å². The van der Waals surface area contributed by atoms with Crippen molar-refractivity contribution in [3.63, 3.8) is 0 Å². The molecule has 1 nitrogen and oxygen atoms in total. The minimum atomic E-state index is 0.575. The number of hydrogen-bond acceptors (Lipinski definition) is 1. The maximum absolute atomic E-state index is 3.81. The van der Waals surface area contributed by atoms with E-state index >= 15 is 0 Å². The molecular formula is C10H19N. The molecule has 0 bridgehead atoms. The first-order valence-electron chi connectivity index (χ1n) is 4.32. The lowest BCUT2D eigenvalue weighted by Crippen LogP contribution is -2.26. The fourth-order valence-electron chi connectivity index (χ4n) is 1.05. The summed E-state index contributed by atoms with van der Waals surface area (Å²) in [5.74, 6) is 0. The maximum atomic E-state index is 3.81. The zero-order valence-corrected chi connectivity index (χ0v) is 7.69. The minimum Gasteiger partial charge on any atom is -0.383 e. The van der Waals surface area contributed by atoms with Crippen LogP contribution in [-0.4, -0.2) is 6.04 Å². The molecule has 0 saturated carbocycles. The fourth-order valence-corrected chi connectivity index (χ4v) is 1.05. The second-order valence-corrected chi connectivity index (χ2v) is 2.77. The Hall–Kier alpha value is -0.720. The van der Waals surface area contributed by atoms with Gasteiger partial charge in [-0.05, 0) is 18.9 Å². The van der Waals surface area contributed by atoms with Crippen LogP contribution in [0.3, 0.4) is 0 Å². The van der Waals surface area contributed by atoms with E-state index in [4.69, 9.17) is 0 Å². The van der Waals surface area contributed by atoms with Crippen molar-refractivity contribution in [2.45, 2.75) is 39.2 Å². The first-order valence-corrected chi connectivity index (χ1v) is 4.32. The van der Waals surface area contributed by atoms with Crippen molar-refractivity contribution in [2.75, 3.05) is 0 Å². The van der Waals surface area contributed by atoms with Gasteiger partial charge in [0.2, 0.25) is 0 Å². The summed E-state index contributed by atoms with van der Waals surface area (Å²) in [6.45, 7) is 11.8. The van der Waals surface area contributed by atoms with E-state index in [0.29, 0.717) is 6.04 Å². The summed E-state index contributed by atoms with van der Waals surface area (Å²) in [5.41, 5.74) is 0.935. The second kappa shape index (κ2) is 6.02. The maximum Gasteiger partial charge on any atom is 0.0263 e. The van der Waals surface area contributed by atoms with Crippen molar-refractivity contribution < 1.29 is 0 Å². The first kappa shape index (κ1) is 10.3. The molecule has 0 rings (SSSR count). The molecule has 0 spiro atoms. The molecule has 0 amide bonds. The molecule has 0 fully saturated rings. The van der Waals surface area contributed by atoms with Crippen molar-refractivity contribution in [2.24, 2.45) is 0 Å². The summed E-state index contributed by atoms with van der Waals surface area (Å²) >= 11 is 0. The zero-order chi connectivity index (χ0) is 8.69. The van der Waals surface area contributed by atoms with Gasteiger partial charge in [-0.3, -0.25) is 0 Å². The van der Waals surface area contributed by atoms with Gasteiger partial charge in [-0.2, -0.15) is 0 Å². The number of hydrogen-bond donors (Lipinski definition) is 1. The van der Waals surface area contributed by atoms with Gasteiger partial charge < -0.3 is 5.32 Å². The van der Waals surface area contributed by atoms with Crippen LogP contribution in [-0.2, 0) is 0 Å². The molecule has 1 heteroatoms. The van der Waals surface area contributed by atoms with Crippen LogP contribution in [0.1, 0.15) is 33.1 Å². The lowest BCUT2D eigenvalue weighted by molar-refractivity contribution is 0.511. The van der Waals surface area contributed by atoms with Gasteiger partial charge in [-0.15, -0.1) is 0 Å². The second-order valence-electron chi connectivity index (χ2n) is 2.77. The van der Waals surface area contributed by atoms with Crippen LogP contribution in [0.2, 0.25) is 0 Å². The zero-order valence-electron chi connectivity index (χ0n) is 7.69. The van der Waals surface area contributed by atoms with Crippen LogP contribution < -0.4 is 5.32 Å². The fraction of sp³-hybridized carbons (Fsp3) is 0.600. The molecule has 1 N–H and O–H groups in total. The summed E-state index contributed by atoms with van der Waals surface area (Å²) in [4.78, 5) is 0. The quantitative estimate of drug-likeness (QED) is 0.578. The molecule has 0 aliphatic rings. The molecule has 64 valence electrons. The average molecular weight is 153 g/mol. The van der Waals surface area contributed by atoms with E-state index in [2.05, 4.69) is 32.3 Å². The highest BCUT2D eigenvalue weighted by molar-refractivity contribution is 5.09. The van der Waals surface area contributed by atoms with Crippen molar-refractivity contribution in [3.05, 3.63) is 24.9 Å². The number of allylic oxidation sites excluding steroid dienone is 1. The van der Waals surface area contributed by atoms with E-state index in [1.165, 1.54) is 12.8 Å². The standard InChI is InChI=1S/C10H19N/c1-5-8-10(7-3)11-9(4)6-2/h6,10-11H,2,4-5,7-8H2,1,3H3/t10-/m1/s1. The molecule has 11 heavy (non-hydrogen) atoms. The van der Waals surface area contributed by atoms with Crippen molar-refractivity contribution in [1.29, 1.82) is 0 Å². The highest BCUT2D eigenvalue weighted by atomic mass is 14.9. The molecule has 0 aromatic heterocycles. The molecule has 0 aromatic carbocycles. The Morgan fingerprint density at radius 3 is 2.55 bits per heavy atom. The Labute approximate surface area is 70.2 Å². The van der Waals surface area contributed by atoms with Crippen molar-refractivity contribution in [1.82, 2.24) is 5.32 Å². The normalized spacial score (nSPS) is 12.2. The van der Waals surface area contributed by atoms with E-state index in [9.17, 15) is 0 Å². The van der Waals surface area contributed by atoms with Crippen LogP contribution in [0, 0.1) is 0 Å². The predicted octanol–water partition coefficient (Wildman–Crippen LogP) is 2.85. The Balaban J connectivity index is 3.67. The van der Waals surface area contributed by atoms with Gasteiger partial charge in [0.05, 0.1) is 0 Å². The molecule has 1 atom stereocenters. The van der Waals surface area contributed by atoms with Crippen LogP contribution in [0.15, 0.2) is 24.9 Å². The van der Waals surface area contributed by atoms with Crippen molar-refractivity contribution >= 4 is 0 Å². The van der Waals surface area contributed by atoms with Crippen LogP contribution in [0.5, 0.6) is 0 Å². The van der Waals surface area contributed by atoms with Gasteiger partial charge in [0, 0.05) is 11.7 Å². The van der Waals surface area contributed by atoms with Crippen LogP contribution in [0.25, 0.3) is 0 Å². The van der Waals surface area contributed by atoms with Gasteiger partial charge in [0.25, 0.3) is 0 Å². The molecule has 0 aliphatic heterocycles. The Kier molecular flexibility index (Phi) is 5.63. The summed E-state index contributed by atoms with van der Waals surface area (Å²) in [6, 6.07) is 0.575. The summed E-state index contributed by atoms with van der Waals surface area (Å²) < 4.78 is 0. The van der Waals surface area contributed by atoms with Gasteiger partial charge in [0.1, 0.15) is 0 Å². The van der Waals surface area contributed by atoms with Gasteiger partial charge in [-0.1, -0.05) is 33.4 Å². The van der Waals surface area contributed by atoms with E-state index in [0.717, 1.165) is 12.1 Å². The smallest absolute Gasteiger partial charge is 0.0263 e. The Bertz CT molecular complexity index is 127. The van der Waals surface area contributed by atoms with E-state index in [1.807, 2.05) is 0 Å². The summed E-state index contributed by atoms with van der Waals surface area (Å²) in [5, 5.41) is 3.30. The predicted molar refractivity (Wildman–Crippen MR) is 51.5 cm³/mol.